The van der Waals surface area contributed by atoms with Gasteiger partial charge in [-0.2, -0.15) is 13.2 Å². The lowest BCUT2D eigenvalue weighted by Crippen LogP contribution is -2.56. The van der Waals surface area contributed by atoms with E-state index in [2.05, 4.69) is 0 Å². The summed E-state index contributed by atoms with van der Waals surface area (Å²) in [5.74, 6) is -0.620. The molecule has 27 heavy (non-hydrogen) atoms. The van der Waals surface area contributed by atoms with Crippen LogP contribution in [0.4, 0.5) is 18.0 Å². The summed E-state index contributed by atoms with van der Waals surface area (Å²) < 4.78 is 45.7. The smallest absolute Gasteiger partial charge is 0.417 e. The number of rotatable bonds is 1. The number of fused-ring (bicyclic) bond motifs is 3. The number of alkyl halides is 3. The molecule has 1 aromatic rings. The molecule has 1 aromatic carbocycles. The molecule has 148 valence electrons. The van der Waals surface area contributed by atoms with Crippen molar-refractivity contribution in [2.24, 2.45) is 0 Å². The molecule has 2 heterocycles. The van der Waals surface area contributed by atoms with Gasteiger partial charge in [0.15, 0.2) is 0 Å². The summed E-state index contributed by atoms with van der Waals surface area (Å²) in [7, 11) is 0. The lowest BCUT2D eigenvalue weighted by Gasteiger charge is -2.44. The molecule has 5 nitrogen and oxygen atoms in total. The molecule has 1 fully saturated rings. The maximum absolute atomic E-state index is 13.4. The van der Waals surface area contributed by atoms with Crippen LogP contribution in [0.25, 0.3) is 0 Å². The second-order valence-corrected chi connectivity index (χ2v) is 7.86. The predicted molar refractivity (Wildman–Crippen MR) is 92.2 cm³/mol. The molecule has 0 spiro atoms. The van der Waals surface area contributed by atoms with E-state index in [4.69, 9.17) is 4.74 Å². The zero-order valence-electron chi connectivity index (χ0n) is 15.8. The van der Waals surface area contributed by atoms with Crippen molar-refractivity contribution in [1.82, 2.24) is 9.80 Å². The van der Waals surface area contributed by atoms with Gasteiger partial charge in [-0.3, -0.25) is 4.79 Å². The number of carbonyl (C=O) groups is 2. The van der Waals surface area contributed by atoms with E-state index in [1.165, 1.54) is 15.9 Å². The summed E-state index contributed by atoms with van der Waals surface area (Å²) in [6.45, 7) is 7.52. The first-order valence-electron chi connectivity index (χ1n) is 8.96. The zero-order chi connectivity index (χ0) is 20.1. The molecule has 2 atom stereocenters. The molecule has 0 aromatic heterocycles. The number of halogens is 3. The van der Waals surface area contributed by atoms with Crippen LogP contribution < -0.4 is 0 Å². The zero-order valence-corrected chi connectivity index (χ0v) is 15.8. The van der Waals surface area contributed by atoms with Crippen LogP contribution in [0.1, 0.15) is 61.6 Å². The van der Waals surface area contributed by atoms with Gasteiger partial charge in [0.1, 0.15) is 5.60 Å². The van der Waals surface area contributed by atoms with Crippen LogP contribution in [0.5, 0.6) is 0 Å². The van der Waals surface area contributed by atoms with Crippen molar-refractivity contribution in [3.63, 3.8) is 0 Å². The number of hydrogen-bond donors (Lipinski definition) is 0. The molecular weight excluding hydrogens is 361 g/mol. The molecule has 2 aliphatic heterocycles. The Labute approximate surface area is 156 Å². The van der Waals surface area contributed by atoms with E-state index in [-0.39, 0.29) is 18.7 Å². The van der Waals surface area contributed by atoms with Crippen molar-refractivity contribution in [3.8, 4) is 0 Å². The molecule has 0 aliphatic carbocycles. The number of amides is 2. The molecule has 0 radical (unpaired) electrons. The van der Waals surface area contributed by atoms with Gasteiger partial charge in [0.25, 0.3) is 5.91 Å². The van der Waals surface area contributed by atoms with Crippen LogP contribution >= 0.6 is 0 Å². The second kappa shape index (κ2) is 6.42. The summed E-state index contributed by atoms with van der Waals surface area (Å²) in [6, 6.07) is 2.76. The number of piperazine rings is 1. The minimum atomic E-state index is -4.61. The SMILES string of the molecule is CCC1C2c3cccc(C(F)(F)F)c3C(=O)N2CCN1C(=O)OC(C)(C)C. The van der Waals surface area contributed by atoms with E-state index < -0.39 is 41.4 Å². The highest BCUT2D eigenvalue weighted by molar-refractivity contribution is 6.01. The Bertz CT molecular complexity index is 770. The molecule has 8 heteroatoms. The molecule has 0 N–H and O–H groups in total. The molecule has 0 saturated carbocycles. The predicted octanol–water partition coefficient (Wildman–Crippen LogP) is 4.23. The van der Waals surface area contributed by atoms with Crippen LogP contribution in [0, 0.1) is 0 Å². The van der Waals surface area contributed by atoms with E-state index in [0.717, 1.165) is 6.07 Å². The van der Waals surface area contributed by atoms with Crippen molar-refractivity contribution in [2.45, 2.75) is 58.0 Å². The Morgan fingerprint density at radius 3 is 2.44 bits per heavy atom. The third-order valence-electron chi connectivity index (χ3n) is 4.92. The molecule has 0 bridgehead atoms. The summed E-state index contributed by atoms with van der Waals surface area (Å²) in [5.41, 5.74) is -1.56. The minimum absolute atomic E-state index is 0.172. The Morgan fingerprint density at radius 1 is 1.22 bits per heavy atom. The van der Waals surface area contributed by atoms with Gasteiger partial charge in [-0.15, -0.1) is 0 Å². The average Bonchev–Trinajstić information content (AvgIpc) is 2.84. The van der Waals surface area contributed by atoms with Gasteiger partial charge >= 0.3 is 12.3 Å². The molecule has 3 rings (SSSR count). The second-order valence-electron chi connectivity index (χ2n) is 7.86. The fourth-order valence-electron chi connectivity index (χ4n) is 3.93. The lowest BCUT2D eigenvalue weighted by atomic mass is 9.92. The summed E-state index contributed by atoms with van der Waals surface area (Å²) in [5, 5.41) is 0. The van der Waals surface area contributed by atoms with Crippen LogP contribution in [0.15, 0.2) is 18.2 Å². The van der Waals surface area contributed by atoms with Gasteiger partial charge in [0, 0.05) is 13.1 Å². The summed E-state index contributed by atoms with van der Waals surface area (Å²) in [6.07, 6.45) is -4.63. The fraction of sp³-hybridized carbons (Fsp3) is 0.579. The minimum Gasteiger partial charge on any atom is -0.444 e. The van der Waals surface area contributed by atoms with E-state index in [1.54, 1.807) is 26.8 Å². The van der Waals surface area contributed by atoms with Crippen molar-refractivity contribution < 1.29 is 27.5 Å². The fourth-order valence-corrected chi connectivity index (χ4v) is 3.93. The van der Waals surface area contributed by atoms with Crippen LogP contribution in [0.2, 0.25) is 0 Å². The number of hydrogen-bond acceptors (Lipinski definition) is 3. The summed E-state index contributed by atoms with van der Waals surface area (Å²) in [4.78, 5) is 28.4. The monoisotopic (exact) mass is 384 g/mol. The Morgan fingerprint density at radius 2 is 1.89 bits per heavy atom. The Hall–Kier alpha value is -2.25. The third-order valence-corrected chi connectivity index (χ3v) is 4.92. The molecular formula is C19H23F3N2O3. The Balaban J connectivity index is 2.02. The van der Waals surface area contributed by atoms with E-state index in [1.807, 2.05) is 6.92 Å². The number of benzene rings is 1. The number of ether oxygens (including phenoxy) is 1. The van der Waals surface area contributed by atoms with Crippen molar-refractivity contribution in [3.05, 3.63) is 34.9 Å². The van der Waals surface area contributed by atoms with Gasteiger partial charge in [-0.1, -0.05) is 19.1 Å². The molecule has 2 aliphatic rings. The van der Waals surface area contributed by atoms with Crippen molar-refractivity contribution >= 4 is 12.0 Å². The van der Waals surface area contributed by atoms with Gasteiger partial charge < -0.3 is 14.5 Å². The van der Waals surface area contributed by atoms with Crippen LogP contribution in [0.3, 0.4) is 0 Å². The highest BCUT2D eigenvalue weighted by Crippen LogP contribution is 2.45. The van der Waals surface area contributed by atoms with E-state index in [9.17, 15) is 22.8 Å². The highest BCUT2D eigenvalue weighted by atomic mass is 19.4. The normalized spacial score (nSPS) is 22.6. The van der Waals surface area contributed by atoms with E-state index >= 15 is 0 Å². The first kappa shape index (κ1) is 19.5. The van der Waals surface area contributed by atoms with Crippen molar-refractivity contribution in [1.29, 1.82) is 0 Å². The van der Waals surface area contributed by atoms with Gasteiger partial charge in [0.2, 0.25) is 0 Å². The number of nitrogens with zero attached hydrogens (tertiary/aromatic N) is 2. The van der Waals surface area contributed by atoms with Crippen LogP contribution in [-0.4, -0.2) is 46.5 Å². The molecule has 2 amide bonds. The maximum Gasteiger partial charge on any atom is 0.417 e. The average molecular weight is 384 g/mol. The number of carbonyl (C=O) groups excluding carboxylic acids is 2. The third kappa shape index (κ3) is 3.37. The Kier molecular flexibility index (Phi) is 4.64. The molecule has 1 saturated heterocycles. The topological polar surface area (TPSA) is 49.9 Å². The summed E-state index contributed by atoms with van der Waals surface area (Å²) >= 11 is 0. The van der Waals surface area contributed by atoms with Crippen molar-refractivity contribution in [2.75, 3.05) is 13.1 Å². The first-order valence-corrected chi connectivity index (χ1v) is 8.96. The molecule has 2 unspecified atom stereocenters. The first-order chi connectivity index (χ1) is 12.5. The lowest BCUT2D eigenvalue weighted by molar-refractivity contribution is -0.137. The standard InChI is InChI=1S/C19H23F3N2O3/c1-5-13-15-11-7-6-8-12(19(20,21)22)14(11)16(25)24(15)10-9-23(13)17(26)27-18(2,3)4/h6-8,13,15H,5,9-10H2,1-4H3. The van der Waals surface area contributed by atoms with Gasteiger partial charge in [-0.05, 0) is 38.8 Å². The quantitative estimate of drug-likeness (QED) is 0.728. The maximum atomic E-state index is 13.4. The largest absolute Gasteiger partial charge is 0.444 e. The highest BCUT2D eigenvalue weighted by Gasteiger charge is 2.50. The van der Waals surface area contributed by atoms with Gasteiger partial charge in [0.05, 0.1) is 23.2 Å². The van der Waals surface area contributed by atoms with Crippen LogP contribution in [-0.2, 0) is 10.9 Å². The van der Waals surface area contributed by atoms with Gasteiger partial charge in [-0.25, -0.2) is 4.79 Å². The van der Waals surface area contributed by atoms with E-state index in [0.29, 0.717) is 12.0 Å².